The fourth-order valence-corrected chi connectivity index (χ4v) is 1.41. The molecule has 0 saturated heterocycles. The largest absolute Gasteiger partial charge is 0.385 e. The van der Waals surface area contributed by atoms with E-state index in [1.165, 1.54) is 24.1 Å². The zero-order chi connectivity index (χ0) is 10.2. The molecule has 0 radical (unpaired) electrons. The molecule has 0 aromatic heterocycles. The average Bonchev–Trinajstić information content (AvgIpc) is 2.21. The average molecular weight is 192 g/mol. The fraction of sp³-hybridized carbons (Fsp3) is 0.500. The van der Waals surface area contributed by atoms with Gasteiger partial charge >= 0.3 is 0 Å². The van der Waals surface area contributed by atoms with E-state index in [9.17, 15) is 0 Å². The third kappa shape index (κ3) is 3.79. The first-order chi connectivity index (χ1) is 6.86. The van der Waals surface area contributed by atoms with Crippen LogP contribution in [-0.2, 0) is 6.42 Å². The van der Waals surface area contributed by atoms with Crippen molar-refractivity contribution in [2.45, 2.75) is 26.2 Å². The predicted octanol–water partition coefficient (Wildman–Crippen LogP) is 2.40. The van der Waals surface area contributed by atoms with Gasteiger partial charge in [0.25, 0.3) is 0 Å². The first-order valence-corrected chi connectivity index (χ1v) is 5.39. The van der Waals surface area contributed by atoms with Gasteiger partial charge in [-0.15, -0.1) is 0 Å². The van der Waals surface area contributed by atoms with Gasteiger partial charge < -0.3 is 11.1 Å². The third-order valence-electron chi connectivity index (χ3n) is 2.20. The van der Waals surface area contributed by atoms with Crippen LogP contribution in [0.25, 0.3) is 0 Å². The van der Waals surface area contributed by atoms with E-state index in [1.807, 2.05) is 0 Å². The molecule has 0 aliphatic carbocycles. The fourth-order valence-electron chi connectivity index (χ4n) is 1.41. The van der Waals surface area contributed by atoms with Crippen LogP contribution in [0.4, 0.5) is 5.69 Å². The van der Waals surface area contributed by atoms with Crippen LogP contribution in [0.2, 0.25) is 0 Å². The molecule has 0 saturated carbocycles. The smallest absolute Gasteiger partial charge is 0.0340 e. The summed E-state index contributed by atoms with van der Waals surface area (Å²) in [5.74, 6) is 0. The Balaban J connectivity index is 2.38. The van der Waals surface area contributed by atoms with Gasteiger partial charge in [-0.25, -0.2) is 0 Å². The van der Waals surface area contributed by atoms with E-state index in [2.05, 4.69) is 36.5 Å². The summed E-state index contributed by atoms with van der Waals surface area (Å²) in [6.07, 6.45) is 3.40. The number of nitrogens with one attached hydrogen (secondary N) is 1. The van der Waals surface area contributed by atoms with E-state index in [0.29, 0.717) is 0 Å². The number of benzene rings is 1. The van der Waals surface area contributed by atoms with E-state index in [-0.39, 0.29) is 0 Å². The maximum Gasteiger partial charge on any atom is 0.0340 e. The molecule has 2 heteroatoms. The van der Waals surface area contributed by atoms with Crippen LogP contribution in [0.5, 0.6) is 0 Å². The monoisotopic (exact) mass is 192 g/mol. The van der Waals surface area contributed by atoms with Crippen molar-refractivity contribution in [1.82, 2.24) is 0 Å². The number of nitrogens with two attached hydrogens (primary N) is 1. The van der Waals surface area contributed by atoms with Gasteiger partial charge in [0.15, 0.2) is 0 Å². The predicted molar refractivity (Wildman–Crippen MR) is 62.6 cm³/mol. The summed E-state index contributed by atoms with van der Waals surface area (Å²) < 4.78 is 0. The van der Waals surface area contributed by atoms with E-state index < -0.39 is 0 Å². The van der Waals surface area contributed by atoms with Gasteiger partial charge in [-0.05, 0) is 37.1 Å². The molecule has 78 valence electrons. The maximum absolute atomic E-state index is 5.42. The van der Waals surface area contributed by atoms with Gasteiger partial charge in [0, 0.05) is 12.2 Å². The lowest BCUT2D eigenvalue weighted by molar-refractivity contribution is 0.874. The maximum atomic E-state index is 5.42. The molecule has 0 aliphatic rings. The Kier molecular flexibility index (Phi) is 5.08. The molecule has 0 heterocycles. The highest BCUT2D eigenvalue weighted by molar-refractivity contribution is 5.44. The van der Waals surface area contributed by atoms with Gasteiger partial charge in [-0.3, -0.25) is 0 Å². The Morgan fingerprint density at radius 2 is 1.93 bits per heavy atom. The van der Waals surface area contributed by atoms with Gasteiger partial charge in [0.2, 0.25) is 0 Å². The van der Waals surface area contributed by atoms with E-state index in [4.69, 9.17) is 5.73 Å². The summed E-state index contributed by atoms with van der Waals surface area (Å²) in [6, 6.07) is 8.66. The number of anilines is 1. The van der Waals surface area contributed by atoms with Crippen LogP contribution in [0.15, 0.2) is 24.3 Å². The van der Waals surface area contributed by atoms with E-state index >= 15 is 0 Å². The van der Waals surface area contributed by atoms with Crippen molar-refractivity contribution in [2.24, 2.45) is 5.73 Å². The second-order valence-electron chi connectivity index (χ2n) is 3.52. The molecule has 0 spiro atoms. The molecule has 3 N–H and O–H groups in total. The van der Waals surface area contributed by atoms with Crippen LogP contribution in [0, 0.1) is 0 Å². The van der Waals surface area contributed by atoms with Crippen LogP contribution in [-0.4, -0.2) is 13.1 Å². The quantitative estimate of drug-likeness (QED) is 0.679. The lowest BCUT2D eigenvalue weighted by Crippen LogP contribution is -2.08. The second kappa shape index (κ2) is 6.44. The minimum atomic E-state index is 0.751. The number of rotatable bonds is 6. The Hall–Kier alpha value is -1.02. The van der Waals surface area contributed by atoms with Gasteiger partial charge in [-0.1, -0.05) is 25.5 Å². The molecule has 0 bridgehead atoms. The standard InChI is InChI=1S/C12H20N2/c1-2-4-11-5-7-12(8-6-11)14-10-3-9-13/h5-8,14H,2-4,9-10,13H2,1H3. The molecule has 14 heavy (non-hydrogen) atoms. The SMILES string of the molecule is CCCc1ccc(NCCCN)cc1. The molecule has 0 fully saturated rings. The number of aryl methyl sites for hydroxylation is 1. The van der Waals surface area contributed by atoms with E-state index in [0.717, 1.165) is 19.5 Å². The Morgan fingerprint density at radius 1 is 1.21 bits per heavy atom. The lowest BCUT2D eigenvalue weighted by Gasteiger charge is -2.06. The third-order valence-corrected chi connectivity index (χ3v) is 2.20. The van der Waals surface area contributed by atoms with Crippen molar-refractivity contribution in [2.75, 3.05) is 18.4 Å². The van der Waals surface area contributed by atoms with E-state index in [1.54, 1.807) is 0 Å². The lowest BCUT2D eigenvalue weighted by atomic mass is 10.1. The number of hydrogen-bond donors (Lipinski definition) is 2. The summed E-state index contributed by atoms with van der Waals surface area (Å²) in [4.78, 5) is 0. The zero-order valence-corrected chi connectivity index (χ0v) is 8.92. The van der Waals surface area contributed by atoms with Gasteiger partial charge in [0.1, 0.15) is 0 Å². The molecule has 0 amide bonds. The zero-order valence-electron chi connectivity index (χ0n) is 8.92. The first-order valence-electron chi connectivity index (χ1n) is 5.39. The molecule has 1 rings (SSSR count). The Labute approximate surface area is 86.5 Å². The summed E-state index contributed by atoms with van der Waals surface area (Å²) in [5, 5.41) is 3.33. The highest BCUT2D eigenvalue weighted by Crippen LogP contribution is 2.10. The molecular weight excluding hydrogens is 172 g/mol. The van der Waals surface area contributed by atoms with Gasteiger partial charge in [-0.2, -0.15) is 0 Å². The van der Waals surface area contributed by atoms with Crippen molar-refractivity contribution in [3.05, 3.63) is 29.8 Å². The summed E-state index contributed by atoms with van der Waals surface area (Å²) in [5.41, 5.74) is 8.02. The summed E-state index contributed by atoms with van der Waals surface area (Å²) in [6.45, 7) is 3.91. The van der Waals surface area contributed by atoms with Crippen LogP contribution in [0.3, 0.4) is 0 Å². The van der Waals surface area contributed by atoms with Crippen molar-refractivity contribution in [1.29, 1.82) is 0 Å². The van der Waals surface area contributed by atoms with Crippen molar-refractivity contribution in [3.8, 4) is 0 Å². The molecule has 0 atom stereocenters. The Morgan fingerprint density at radius 3 is 2.50 bits per heavy atom. The van der Waals surface area contributed by atoms with Crippen molar-refractivity contribution < 1.29 is 0 Å². The first kappa shape index (κ1) is 11.1. The molecular formula is C12H20N2. The summed E-state index contributed by atoms with van der Waals surface area (Å²) >= 11 is 0. The highest BCUT2D eigenvalue weighted by Gasteiger charge is 1.92. The Bertz CT molecular complexity index is 241. The van der Waals surface area contributed by atoms with Crippen molar-refractivity contribution >= 4 is 5.69 Å². The minimum Gasteiger partial charge on any atom is -0.385 e. The molecule has 1 aromatic carbocycles. The van der Waals surface area contributed by atoms with Crippen LogP contribution < -0.4 is 11.1 Å². The molecule has 1 aromatic rings. The van der Waals surface area contributed by atoms with Crippen LogP contribution in [0.1, 0.15) is 25.3 Å². The normalized spacial score (nSPS) is 10.1. The van der Waals surface area contributed by atoms with Crippen LogP contribution >= 0.6 is 0 Å². The molecule has 0 aliphatic heterocycles. The molecule has 2 nitrogen and oxygen atoms in total. The van der Waals surface area contributed by atoms with Gasteiger partial charge in [0.05, 0.1) is 0 Å². The van der Waals surface area contributed by atoms with Crippen molar-refractivity contribution in [3.63, 3.8) is 0 Å². The highest BCUT2D eigenvalue weighted by atomic mass is 14.9. The molecule has 0 unspecified atom stereocenters. The second-order valence-corrected chi connectivity index (χ2v) is 3.52. The topological polar surface area (TPSA) is 38.0 Å². The summed E-state index contributed by atoms with van der Waals surface area (Å²) in [7, 11) is 0. The minimum absolute atomic E-state index is 0.751. The number of hydrogen-bond acceptors (Lipinski definition) is 2.